The minimum absolute atomic E-state index is 0.326. The zero-order chi connectivity index (χ0) is 13.1. The van der Waals surface area contributed by atoms with Crippen LogP contribution in [-0.4, -0.2) is 22.1 Å². The van der Waals surface area contributed by atoms with Gasteiger partial charge >= 0.3 is 5.97 Å². The third kappa shape index (κ3) is 2.28. The van der Waals surface area contributed by atoms with E-state index >= 15 is 0 Å². The number of rotatable bonds is 5. The number of nitrogens with two attached hydrogens (primary N) is 1. The van der Waals surface area contributed by atoms with Gasteiger partial charge in [0.25, 0.3) is 0 Å². The van der Waals surface area contributed by atoms with E-state index in [-0.39, 0.29) is 0 Å². The van der Waals surface area contributed by atoms with Crippen molar-refractivity contribution in [2.75, 3.05) is 0 Å². The highest BCUT2D eigenvalue weighted by molar-refractivity contribution is 5.87. The summed E-state index contributed by atoms with van der Waals surface area (Å²) in [6, 6.07) is 5.10. The second-order valence-electron chi connectivity index (χ2n) is 4.30. The molecule has 0 fully saturated rings. The highest BCUT2D eigenvalue weighted by Crippen LogP contribution is 2.23. The molecule has 2 rings (SSSR count). The first-order chi connectivity index (χ1) is 8.63. The Morgan fingerprint density at radius 2 is 2.28 bits per heavy atom. The normalized spacial score (nSPS) is 12.5. The first-order valence-electron chi connectivity index (χ1n) is 5.80. The van der Waals surface area contributed by atoms with Crippen LogP contribution in [0.3, 0.4) is 0 Å². The van der Waals surface area contributed by atoms with E-state index in [4.69, 9.17) is 10.8 Å². The van der Waals surface area contributed by atoms with Crippen LogP contribution in [0.25, 0.3) is 10.9 Å². The van der Waals surface area contributed by atoms with E-state index in [0.29, 0.717) is 6.42 Å². The van der Waals surface area contributed by atoms with Crippen LogP contribution in [0.15, 0.2) is 37.1 Å². The number of para-hydroxylation sites is 1. The molecule has 94 valence electrons. The molecule has 0 aliphatic heterocycles. The molecule has 1 aromatic carbocycles. The standard InChI is InChI=1S/C14H16N2O2/c1-2-4-9-5-3-6-11-10(8-16-13(9)11)7-12(15)14(17)18/h2-3,5-6,8,12,16H,1,4,7,15H2,(H,17,18)/t12-/m0/s1. The molecular weight excluding hydrogens is 228 g/mol. The predicted octanol–water partition coefficient (Wildman–Crippen LogP) is 1.85. The molecule has 1 heterocycles. The van der Waals surface area contributed by atoms with Crippen molar-refractivity contribution in [1.82, 2.24) is 4.98 Å². The molecule has 0 aliphatic carbocycles. The average molecular weight is 244 g/mol. The van der Waals surface area contributed by atoms with E-state index in [1.54, 1.807) is 0 Å². The van der Waals surface area contributed by atoms with Gasteiger partial charge < -0.3 is 15.8 Å². The van der Waals surface area contributed by atoms with Crippen LogP contribution in [-0.2, 0) is 17.6 Å². The molecule has 1 aromatic heterocycles. The van der Waals surface area contributed by atoms with E-state index < -0.39 is 12.0 Å². The SMILES string of the molecule is C=CCc1cccc2c(C[C@H](N)C(=O)O)c[nH]c12. The van der Waals surface area contributed by atoms with Crippen molar-refractivity contribution < 1.29 is 9.90 Å². The monoisotopic (exact) mass is 244 g/mol. The Labute approximate surface area is 105 Å². The molecule has 0 spiro atoms. The summed E-state index contributed by atoms with van der Waals surface area (Å²) in [6.07, 6.45) is 4.79. The molecule has 4 N–H and O–H groups in total. The summed E-state index contributed by atoms with van der Waals surface area (Å²) in [4.78, 5) is 14.0. The molecule has 0 saturated carbocycles. The lowest BCUT2D eigenvalue weighted by Crippen LogP contribution is -2.32. The quantitative estimate of drug-likeness (QED) is 0.702. The van der Waals surface area contributed by atoms with Gasteiger partial charge in [0, 0.05) is 23.5 Å². The zero-order valence-electron chi connectivity index (χ0n) is 10.0. The number of aromatic amines is 1. The third-order valence-corrected chi connectivity index (χ3v) is 3.01. The van der Waals surface area contributed by atoms with Crippen LogP contribution in [0.5, 0.6) is 0 Å². The number of allylic oxidation sites excluding steroid dienone is 1. The Morgan fingerprint density at radius 1 is 1.50 bits per heavy atom. The van der Waals surface area contributed by atoms with Crippen LogP contribution < -0.4 is 5.73 Å². The van der Waals surface area contributed by atoms with Gasteiger partial charge in [-0.3, -0.25) is 4.79 Å². The van der Waals surface area contributed by atoms with Crippen molar-refractivity contribution in [1.29, 1.82) is 0 Å². The molecule has 0 bridgehead atoms. The Bertz CT molecular complexity index is 586. The van der Waals surface area contributed by atoms with Gasteiger partial charge in [0.1, 0.15) is 6.04 Å². The molecule has 1 atom stereocenters. The van der Waals surface area contributed by atoms with Crippen LogP contribution in [0.4, 0.5) is 0 Å². The topological polar surface area (TPSA) is 79.1 Å². The molecule has 4 nitrogen and oxygen atoms in total. The van der Waals surface area contributed by atoms with Crippen molar-refractivity contribution in [2.45, 2.75) is 18.9 Å². The number of aliphatic carboxylic acids is 1. The Kier molecular flexibility index (Phi) is 3.48. The molecular formula is C14H16N2O2. The van der Waals surface area contributed by atoms with E-state index in [2.05, 4.69) is 11.6 Å². The summed E-state index contributed by atoms with van der Waals surface area (Å²) in [6.45, 7) is 3.73. The number of benzene rings is 1. The van der Waals surface area contributed by atoms with E-state index in [9.17, 15) is 4.79 Å². The number of nitrogens with one attached hydrogen (secondary N) is 1. The largest absolute Gasteiger partial charge is 0.480 e. The third-order valence-electron chi connectivity index (χ3n) is 3.01. The molecule has 0 unspecified atom stereocenters. The predicted molar refractivity (Wildman–Crippen MR) is 71.5 cm³/mol. The van der Waals surface area contributed by atoms with Gasteiger partial charge in [0.15, 0.2) is 0 Å². The van der Waals surface area contributed by atoms with Gasteiger partial charge in [-0.1, -0.05) is 24.3 Å². The Balaban J connectivity index is 2.39. The molecule has 0 amide bonds. The van der Waals surface area contributed by atoms with Crippen LogP contribution in [0.1, 0.15) is 11.1 Å². The maximum atomic E-state index is 10.8. The van der Waals surface area contributed by atoms with Crippen LogP contribution >= 0.6 is 0 Å². The second kappa shape index (κ2) is 5.06. The first-order valence-corrected chi connectivity index (χ1v) is 5.80. The maximum Gasteiger partial charge on any atom is 0.320 e. The fourth-order valence-corrected chi connectivity index (χ4v) is 2.09. The van der Waals surface area contributed by atoms with E-state index in [1.807, 2.05) is 30.5 Å². The van der Waals surface area contributed by atoms with Crippen molar-refractivity contribution in [2.24, 2.45) is 5.73 Å². The van der Waals surface area contributed by atoms with E-state index in [0.717, 1.165) is 28.5 Å². The lowest BCUT2D eigenvalue weighted by molar-refractivity contribution is -0.138. The molecule has 0 aliphatic rings. The Hall–Kier alpha value is -2.07. The van der Waals surface area contributed by atoms with Gasteiger partial charge in [-0.25, -0.2) is 0 Å². The minimum Gasteiger partial charge on any atom is -0.480 e. The highest BCUT2D eigenvalue weighted by Gasteiger charge is 2.15. The van der Waals surface area contributed by atoms with Gasteiger partial charge in [0.2, 0.25) is 0 Å². The number of hydrogen-bond donors (Lipinski definition) is 3. The number of aromatic nitrogens is 1. The van der Waals surface area contributed by atoms with Crippen LogP contribution in [0.2, 0.25) is 0 Å². The number of hydrogen-bond acceptors (Lipinski definition) is 2. The smallest absolute Gasteiger partial charge is 0.320 e. The number of carboxylic acid groups (broad SMARTS) is 1. The second-order valence-corrected chi connectivity index (χ2v) is 4.30. The summed E-state index contributed by atoms with van der Waals surface area (Å²) in [5.74, 6) is -0.980. The van der Waals surface area contributed by atoms with Crippen molar-refractivity contribution in [3.05, 3.63) is 48.2 Å². The summed E-state index contributed by atoms with van der Waals surface area (Å²) in [7, 11) is 0. The summed E-state index contributed by atoms with van der Waals surface area (Å²) in [5, 5.41) is 9.88. The number of carbonyl (C=O) groups is 1. The Morgan fingerprint density at radius 3 is 2.94 bits per heavy atom. The fraction of sp³-hybridized carbons (Fsp3) is 0.214. The van der Waals surface area contributed by atoms with Gasteiger partial charge in [-0.2, -0.15) is 0 Å². The lowest BCUT2D eigenvalue weighted by atomic mass is 10.0. The fourth-order valence-electron chi connectivity index (χ4n) is 2.09. The summed E-state index contributed by atoms with van der Waals surface area (Å²) >= 11 is 0. The van der Waals surface area contributed by atoms with Gasteiger partial charge in [-0.15, -0.1) is 6.58 Å². The summed E-state index contributed by atoms with van der Waals surface area (Å²) < 4.78 is 0. The average Bonchev–Trinajstić information content (AvgIpc) is 2.74. The first kappa shape index (κ1) is 12.4. The van der Waals surface area contributed by atoms with Crippen molar-refractivity contribution >= 4 is 16.9 Å². The van der Waals surface area contributed by atoms with Crippen molar-refractivity contribution in [3.8, 4) is 0 Å². The number of H-pyrrole nitrogens is 1. The van der Waals surface area contributed by atoms with E-state index in [1.165, 1.54) is 0 Å². The lowest BCUT2D eigenvalue weighted by Gasteiger charge is -2.05. The van der Waals surface area contributed by atoms with Crippen LogP contribution in [0, 0.1) is 0 Å². The molecule has 2 aromatic rings. The zero-order valence-corrected chi connectivity index (χ0v) is 10.0. The minimum atomic E-state index is -0.980. The highest BCUT2D eigenvalue weighted by atomic mass is 16.4. The van der Waals surface area contributed by atoms with Crippen molar-refractivity contribution in [3.63, 3.8) is 0 Å². The molecule has 18 heavy (non-hydrogen) atoms. The molecule has 0 saturated heterocycles. The maximum absolute atomic E-state index is 10.8. The molecule has 4 heteroatoms. The number of carboxylic acids is 1. The van der Waals surface area contributed by atoms with Gasteiger partial charge in [-0.05, 0) is 17.5 Å². The summed E-state index contributed by atoms with van der Waals surface area (Å²) in [5.41, 5.74) is 8.68. The molecule has 0 radical (unpaired) electrons. The number of fused-ring (bicyclic) bond motifs is 1. The van der Waals surface area contributed by atoms with Gasteiger partial charge in [0.05, 0.1) is 0 Å².